The van der Waals surface area contributed by atoms with Crippen LogP contribution in [0, 0.1) is 5.41 Å². The molecule has 0 bridgehead atoms. The third-order valence-corrected chi connectivity index (χ3v) is 5.24. The third-order valence-electron chi connectivity index (χ3n) is 5.24. The van der Waals surface area contributed by atoms with Crippen molar-refractivity contribution in [1.82, 2.24) is 10.6 Å². The van der Waals surface area contributed by atoms with E-state index in [0.29, 0.717) is 6.61 Å². The van der Waals surface area contributed by atoms with Gasteiger partial charge in [-0.05, 0) is 30.5 Å². The van der Waals surface area contributed by atoms with Gasteiger partial charge in [-0.25, -0.2) is 0 Å². The number of nitrogens with zero attached hydrogens (tertiary/aromatic N) is 2. The number of benzene rings is 1. The first kappa shape index (κ1) is 18.7. The van der Waals surface area contributed by atoms with Crippen molar-refractivity contribution in [2.75, 3.05) is 51.4 Å². The largest absolute Gasteiger partial charge is 0.396 e. The number of guanidine groups is 1. The second kappa shape index (κ2) is 9.05. The third kappa shape index (κ3) is 4.77. The van der Waals surface area contributed by atoms with E-state index in [4.69, 9.17) is 4.74 Å². The van der Waals surface area contributed by atoms with E-state index in [-0.39, 0.29) is 12.0 Å². The van der Waals surface area contributed by atoms with Crippen LogP contribution in [-0.2, 0) is 11.3 Å². The lowest BCUT2D eigenvalue weighted by molar-refractivity contribution is 0.127. The summed E-state index contributed by atoms with van der Waals surface area (Å²) in [5, 5.41) is 16.1. The van der Waals surface area contributed by atoms with E-state index in [2.05, 4.69) is 56.9 Å². The lowest BCUT2D eigenvalue weighted by atomic mass is 9.84. The molecule has 0 aromatic heterocycles. The van der Waals surface area contributed by atoms with Gasteiger partial charge in [-0.3, -0.25) is 4.99 Å². The zero-order valence-corrected chi connectivity index (χ0v) is 15.6. The average Bonchev–Trinajstić information content (AvgIpc) is 3.35. The lowest BCUT2D eigenvalue weighted by Gasteiger charge is -2.27. The number of ether oxygens (including phenoxy) is 1. The molecule has 0 aliphatic carbocycles. The molecule has 1 aromatic rings. The zero-order chi connectivity index (χ0) is 18.2. The fraction of sp³-hybridized carbons (Fsp3) is 0.550. The minimum absolute atomic E-state index is 0.00897. The molecule has 3 N–H and O–H groups in total. The Kier molecular flexibility index (Phi) is 6.52. The molecule has 0 radical (unpaired) electrons. The summed E-state index contributed by atoms with van der Waals surface area (Å²) in [6.07, 6.45) is 6.13. The van der Waals surface area contributed by atoms with E-state index in [9.17, 15) is 5.11 Å². The maximum Gasteiger partial charge on any atom is 0.191 e. The molecule has 6 heteroatoms. The second-order valence-electron chi connectivity index (χ2n) is 7.10. The molecule has 1 saturated heterocycles. The predicted molar refractivity (Wildman–Crippen MR) is 106 cm³/mol. The second-order valence-corrected chi connectivity index (χ2v) is 7.10. The first-order valence-electron chi connectivity index (χ1n) is 9.37. The quantitative estimate of drug-likeness (QED) is 0.392. The van der Waals surface area contributed by atoms with Crippen LogP contribution in [0.2, 0.25) is 0 Å². The Labute approximate surface area is 156 Å². The Balaban J connectivity index is 1.52. The smallest absolute Gasteiger partial charge is 0.191 e. The van der Waals surface area contributed by atoms with Gasteiger partial charge < -0.3 is 25.4 Å². The number of anilines is 1. The zero-order valence-electron chi connectivity index (χ0n) is 15.6. The molecule has 1 atom stereocenters. The summed E-state index contributed by atoms with van der Waals surface area (Å²) in [7, 11) is 1.78. The minimum Gasteiger partial charge on any atom is -0.396 e. The van der Waals surface area contributed by atoms with Crippen LogP contribution < -0.4 is 15.5 Å². The maximum atomic E-state index is 9.34. The van der Waals surface area contributed by atoms with Gasteiger partial charge >= 0.3 is 0 Å². The maximum absolute atomic E-state index is 9.34. The van der Waals surface area contributed by atoms with Crippen LogP contribution in [0.5, 0.6) is 0 Å². The first-order valence-corrected chi connectivity index (χ1v) is 9.37. The fourth-order valence-corrected chi connectivity index (χ4v) is 3.54. The number of nitrogens with one attached hydrogen (secondary N) is 2. The van der Waals surface area contributed by atoms with Gasteiger partial charge in [-0.1, -0.05) is 24.3 Å². The van der Waals surface area contributed by atoms with E-state index in [1.54, 1.807) is 7.05 Å². The molecule has 2 heterocycles. The molecule has 2 aliphatic heterocycles. The summed E-state index contributed by atoms with van der Waals surface area (Å²) in [5.41, 5.74) is 2.49. The average molecular weight is 358 g/mol. The highest BCUT2D eigenvalue weighted by Gasteiger charge is 2.34. The van der Waals surface area contributed by atoms with E-state index >= 15 is 0 Å². The van der Waals surface area contributed by atoms with Crippen LogP contribution in [0.3, 0.4) is 0 Å². The number of rotatable bonds is 7. The highest BCUT2D eigenvalue weighted by Crippen LogP contribution is 2.31. The Morgan fingerprint density at radius 2 is 2.15 bits per heavy atom. The molecule has 0 saturated carbocycles. The summed E-state index contributed by atoms with van der Waals surface area (Å²) in [6.45, 7) is 5.10. The van der Waals surface area contributed by atoms with Crippen LogP contribution in [-0.4, -0.2) is 57.6 Å². The van der Waals surface area contributed by atoms with Crippen LogP contribution >= 0.6 is 0 Å². The number of hydrogen-bond donors (Lipinski definition) is 3. The molecule has 1 unspecified atom stereocenters. The summed E-state index contributed by atoms with van der Waals surface area (Å²) in [6, 6.07) is 8.62. The number of aliphatic hydroxyl groups excluding tert-OH is 1. The fourth-order valence-electron chi connectivity index (χ4n) is 3.54. The van der Waals surface area contributed by atoms with Crippen molar-refractivity contribution in [3.63, 3.8) is 0 Å². The van der Waals surface area contributed by atoms with Crippen LogP contribution in [0.25, 0.3) is 0 Å². The summed E-state index contributed by atoms with van der Waals surface area (Å²) >= 11 is 0. The lowest BCUT2D eigenvalue weighted by Crippen LogP contribution is -2.44. The molecule has 26 heavy (non-hydrogen) atoms. The molecular formula is C20H30N4O2. The molecule has 0 spiro atoms. The first-order chi connectivity index (χ1) is 12.7. The molecular weight excluding hydrogens is 328 g/mol. The Morgan fingerprint density at radius 3 is 2.85 bits per heavy atom. The molecule has 2 aliphatic rings. The van der Waals surface area contributed by atoms with Crippen molar-refractivity contribution in [2.45, 2.75) is 19.4 Å². The van der Waals surface area contributed by atoms with Gasteiger partial charge in [-0.2, -0.15) is 0 Å². The number of hydrogen-bond acceptors (Lipinski definition) is 4. The van der Waals surface area contributed by atoms with E-state index in [0.717, 1.165) is 51.6 Å². The molecule has 3 rings (SSSR count). The van der Waals surface area contributed by atoms with Crippen molar-refractivity contribution in [3.05, 3.63) is 42.0 Å². The molecule has 6 nitrogen and oxygen atoms in total. The molecule has 1 aromatic carbocycles. The van der Waals surface area contributed by atoms with Crippen molar-refractivity contribution < 1.29 is 9.84 Å². The Morgan fingerprint density at radius 1 is 1.31 bits per heavy atom. The molecule has 1 fully saturated rings. The van der Waals surface area contributed by atoms with Gasteiger partial charge in [0, 0.05) is 57.5 Å². The van der Waals surface area contributed by atoms with Gasteiger partial charge in [-0.15, -0.1) is 0 Å². The monoisotopic (exact) mass is 358 g/mol. The summed E-state index contributed by atoms with van der Waals surface area (Å²) < 4.78 is 5.55. The van der Waals surface area contributed by atoms with Crippen LogP contribution in [0.15, 0.2) is 41.4 Å². The normalized spacial score (nSPS) is 22.8. The molecule has 142 valence electrons. The minimum atomic E-state index is 0.00897. The number of aliphatic imine (C=N–C) groups is 1. The van der Waals surface area contributed by atoms with Gasteiger partial charge in [0.2, 0.25) is 0 Å². The summed E-state index contributed by atoms with van der Waals surface area (Å²) in [5.74, 6) is 0.780. The highest BCUT2D eigenvalue weighted by atomic mass is 16.5. The van der Waals surface area contributed by atoms with Gasteiger partial charge in [0.05, 0.1) is 6.61 Å². The van der Waals surface area contributed by atoms with Crippen LogP contribution in [0.4, 0.5) is 5.69 Å². The van der Waals surface area contributed by atoms with E-state index < -0.39 is 0 Å². The summed E-state index contributed by atoms with van der Waals surface area (Å²) in [4.78, 5) is 6.67. The predicted octanol–water partition coefficient (Wildman–Crippen LogP) is 1.52. The SMILES string of the molecule is CN=C(NCc1cccc(N2CC=CC2)c1)NCC1(CCO)CCOC1. The Hall–Kier alpha value is -2.05. The van der Waals surface area contributed by atoms with E-state index in [1.165, 1.54) is 11.3 Å². The van der Waals surface area contributed by atoms with E-state index in [1.807, 2.05) is 0 Å². The van der Waals surface area contributed by atoms with Crippen molar-refractivity contribution in [2.24, 2.45) is 10.4 Å². The van der Waals surface area contributed by atoms with Crippen molar-refractivity contribution in [3.8, 4) is 0 Å². The molecule has 0 amide bonds. The topological polar surface area (TPSA) is 69.1 Å². The van der Waals surface area contributed by atoms with Gasteiger partial charge in [0.25, 0.3) is 0 Å². The van der Waals surface area contributed by atoms with Gasteiger partial charge in [0.1, 0.15) is 0 Å². The standard InChI is InChI=1S/C20H30N4O2/c1-21-19(23-15-20(7-11-25)8-12-26-16-20)22-14-17-5-4-6-18(13-17)24-9-2-3-10-24/h2-6,13,25H,7-12,14-16H2,1H3,(H2,21,22,23). The van der Waals surface area contributed by atoms with Crippen molar-refractivity contribution in [1.29, 1.82) is 0 Å². The van der Waals surface area contributed by atoms with Crippen molar-refractivity contribution >= 4 is 11.6 Å². The highest BCUT2D eigenvalue weighted by molar-refractivity contribution is 5.79. The van der Waals surface area contributed by atoms with Gasteiger partial charge in [0.15, 0.2) is 5.96 Å². The van der Waals surface area contributed by atoms with Crippen LogP contribution in [0.1, 0.15) is 18.4 Å². The Bertz CT molecular complexity index is 630. The number of aliphatic hydroxyl groups is 1.